The Balaban J connectivity index is 1.92. The maximum Gasteiger partial charge on any atom is 0.161 e. The first-order valence-corrected chi connectivity index (χ1v) is 6.06. The van der Waals surface area contributed by atoms with Gasteiger partial charge in [0.15, 0.2) is 5.82 Å². The predicted octanol–water partition coefficient (Wildman–Crippen LogP) is 2.94. The van der Waals surface area contributed by atoms with Gasteiger partial charge in [0.1, 0.15) is 0 Å². The smallest absolute Gasteiger partial charge is 0.161 e. The Hall–Kier alpha value is -2.75. The van der Waals surface area contributed by atoms with Gasteiger partial charge in [-0.1, -0.05) is 18.2 Å². The second-order valence-corrected chi connectivity index (χ2v) is 4.37. The highest BCUT2D eigenvalue weighted by Gasteiger charge is 2.04. The second kappa shape index (κ2) is 3.88. The molecule has 0 fully saturated rings. The van der Waals surface area contributed by atoms with E-state index in [1.165, 1.54) is 0 Å². The van der Waals surface area contributed by atoms with E-state index in [1.54, 1.807) is 6.20 Å². The molecule has 4 nitrogen and oxygen atoms in total. The summed E-state index contributed by atoms with van der Waals surface area (Å²) in [5, 5.41) is 5.28. The minimum Gasteiger partial charge on any atom is -0.240 e. The van der Waals surface area contributed by atoms with Crippen molar-refractivity contribution in [1.82, 2.24) is 19.6 Å². The molecule has 0 bridgehead atoms. The molecule has 0 unspecified atom stereocenters. The van der Waals surface area contributed by atoms with Crippen LogP contribution in [-0.4, -0.2) is 19.6 Å². The van der Waals surface area contributed by atoms with Crippen molar-refractivity contribution >= 4 is 16.4 Å². The van der Waals surface area contributed by atoms with Crippen LogP contribution in [0.1, 0.15) is 0 Å². The minimum absolute atomic E-state index is 0.719. The van der Waals surface area contributed by atoms with Gasteiger partial charge in [0.05, 0.1) is 11.0 Å². The third-order valence-corrected chi connectivity index (χ3v) is 3.14. The number of pyridine rings is 1. The molecule has 0 aliphatic heterocycles. The van der Waals surface area contributed by atoms with Crippen LogP contribution < -0.4 is 0 Å². The summed E-state index contributed by atoms with van der Waals surface area (Å²) in [6.45, 7) is 0. The molecule has 0 aliphatic carbocycles. The van der Waals surface area contributed by atoms with Crippen molar-refractivity contribution < 1.29 is 0 Å². The van der Waals surface area contributed by atoms with Gasteiger partial charge in [0.25, 0.3) is 0 Å². The maximum atomic E-state index is 4.58. The number of hydrogen-bond donors (Lipinski definition) is 0. The number of fused-ring (bicyclic) bond motifs is 2. The molecule has 0 N–H and O–H groups in total. The van der Waals surface area contributed by atoms with Gasteiger partial charge in [-0.3, -0.25) is 0 Å². The second-order valence-electron chi connectivity index (χ2n) is 4.37. The van der Waals surface area contributed by atoms with Crippen LogP contribution in [0.25, 0.3) is 27.8 Å². The van der Waals surface area contributed by atoms with Gasteiger partial charge in [-0.05, 0) is 24.3 Å². The zero-order valence-corrected chi connectivity index (χ0v) is 10.1. The summed E-state index contributed by atoms with van der Waals surface area (Å²) in [5.41, 5.74) is 2.97. The van der Waals surface area contributed by atoms with Crippen molar-refractivity contribution in [3.63, 3.8) is 0 Å². The van der Waals surface area contributed by atoms with Gasteiger partial charge in [0.2, 0.25) is 0 Å². The van der Waals surface area contributed by atoms with Gasteiger partial charge >= 0.3 is 0 Å². The Kier molecular flexibility index (Phi) is 2.08. The average molecular weight is 246 g/mol. The van der Waals surface area contributed by atoms with E-state index in [0.29, 0.717) is 0 Å². The van der Waals surface area contributed by atoms with E-state index >= 15 is 0 Å². The summed E-state index contributed by atoms with van der Waals surface area (Å²) in [5.74, 6) is 0.719. The number of nitrogens with zero attached hydrogens (tertiary/aromatic N) is 4. The molecule has 19 heavy (non-hydrogen) atoms. The van der Waals surface area contributed by atoms with E-state index in [2.05, 4.69) is 15.1 Å². The topological polar surface area (TPSA) is 43.1 Å². The number of para-hydroxylation sites is 1. The monoisotopic (exact) mass is 246 g/mol. The molecular formula is C15H10N4. The van der Waals surface area contributed by atoms with Gasteiger partial charge in [0, 0.05) is 29.5 Å². The molecule has 0 radical (unpaired) electrons. The van der Waals surface area contributed by atoms with Gasteiger partial charge in [-0.2, -0.15) is 5.10 Å². The van der Waals surface area contributed by atoms with Crippen LogP contribution in [0.3, 0.4) is 0 Å². The Morgan fingerprint density at radius 3 is 2.89 bits per heavy atom. The molecule has 0 atom stereocenters. The molecule has 4 aromatic rings. The summed E-state index contributed by atoms with van der Waals surface area (Å²) < 4.78 is 1.83. The van der Waals surface area contributed by atoms with Gasteiger partial charge < -0.3 is 0 Å². The molecule has 90 valence electrons. The van der Waals surface area contributed by atoms with Crippen molar-refractivity contribution in [2.24, 2.45) is 0 Å². The first-order valence-electron chi connectivity index (χ1n) is 6.06. The van der Waals surface area contributed by atoms with Crippen LogP contribution in [0.4, 0.5) is 0 Å². The Bertz CT molecular complexity index is 879. The lowest BCUT2D eigenvalue weighted by Crippen LogP contribution is -1.93. The third kappa shape index (κ3) is 1.65. The fourth-order valence-corrected chi connectivity index (χ4v) is 2.16. The van der Waals surface area contributed by atoms with Gasteiger partial charge in [-0.25, -0.2) is 14.5 Å². The molecule has 4 heteroatoms. The molecule has 1 aromatic carbocycles. The van der Waals surface area contributed by atoms with Crippen molar-refractivity contribution in [1.29, 1.82) is 0 Å². The third-order valence-electron chi connectivity index (χ3n) is 3.14. The number of benzene rings is 1. The highest BCUT2D eigenvalue weighted by molar-refractivity contribution is 5.79. The number of rotatable bonds is 1. The average Bonchev–Trinajstić information content (AvgIpc) is 2.94. The fraction of sp³-hybridized carbons (Fsp3) is 0. The Morgan fingerprint density at radius 2 is 1.89 bits per heavy atom. The summed E-state index contributed by atoms with van der Waals surface area (Å²) in [4.78, 5) is 9.00. The molecule has 3 aromatic heterocycles. The van der Waals surface area contributed by atoms with Crippen molar-refractivity contribution in [2.75, 3.05) is 0 Å². The molecule has 3 heterocycles. The molecular weight excluding hydrogens is 236 g/mol. The van der Waals surface area contributed by atoms with Crippen LogP contribution in [0.2, 0.25) is 0 Å². The van der Waals surface area contributed by atoms with Crippen molar-refractivity contribution in [3.05, 3.63) is 61.1 Å². The Labute approximate surface area is 109 Å². The Morgan fingerprint density at radius 1 is 0.947 bits per heavy atom. The quantitative estimate of drug-likeness (QED) is 0.518. The van der Waals surface area contributed by atoms with E-state index in [4.69, 9.17) is 0 Å². The number of hydrogen-bond acceptors (Lipinski definition) is 3. The van der Waals surface area contributed by atoms with Crippen molar-refractivity contribution in [2.45, 2.75) is 0 Å². The lowest BCUT2D eigenvalue weighted by molar-refractivity contribution is 0.960. The SMILES string of the molecule is c1ccc2nc(-c3ccc4ccnn4c3)ncc2c1. The normalized spacial score (nSPS) is 11.2. The summed E-state index contributed by atoms with van der Waals surface area (Å²) in [6, 6.07) is 14.0. The van der Waals surface area contributed by atoms with Crippen LogP contribution in [0.5, 0.6) is 0 Å². The zero-order chi connectivity index (χ0) is 12.7. The lowest BCUT2D eigenvalue weighted by Gasteiger charge is -2.03. The lowest BCUT2D eigenvalue weighted by atomic mass is 10.2. The van der Waals surface area contributed by atoms with Gasteiger partial charge in [-0.15, -0.1) is 0 Å². The summed E-state index contributed by atoms with van der Waals surface area (Å²) >= 11 is 0. The molecule has 0 aliphatic rings. The van der Waals surface area contributed by atoms with E-state index < -0.39 is 0 Å². The molecule has 0 spiro atoms. The van der Waals surface area contributed by atoms with Crippen LogP contribution in [0.15, 0.2) is 61.1 Å². The maximum absolute atomic E-state index is 4.58. The van der Waals surface area contributed by atoms with Crippen molar-refractivity contribution in [3.8, 4) is 11.4 Å². The van der Waals surface area contributed by atoms with E-state index in [9.17, 15) is 0 Å². The van der Waals surface area contributed by atoms with Crippen LogP contribution >= 0.6 is 0 Å². The highest BCUT2D eigenvalue weighted by atomic mass is 15.2. The standard InChI is InChI=1S/C15H10N4/c1-2-4-14-11(3-1)9-16-15(18-14)12-5-6-13-7-8-17-19(13)10-12/h1-10H. The highest BCUT2D eigenvalue weighted by Crippen LogP contribution is 2.18. The van der Waals surface area contributed by atoms with E-state index in [-0.39, 0.29) is 0 Å². The molecule has 4 rings (SSSR count). The largest absolute Gasteiger partial charge is 0.240 e. The van der Waals surface area contributed by atoms with Crippen LogP contribution in [-0.2, 0) is 0 Å². The summed E-state index contributed by atoms with van der Waals surface area (Å²) in [6.07, 6.45) is 5.57. The van der Waals surface area contributed by atoms with Crippen LogP contribution in [0, 0.1) is 0 Å². The molecule has 0 amide bonds. The fourth-order valence-electron chi connectivity index (χ4n) is 2.16. The minimum atomic E-state index is 0.719. The first-order chi connectivity index (χ1) is 9.40. The first kappa shape index (κ1) is 10.2. The van der Waals surface area contributed by atoms with E-state index in [0.717, 1.165) is 27.8 Å². The predicted molar refractivity (Wildman–Crippen MR) is 73.7 cm³/mol. The van der Waals surface area contributed by atoms with E-state index in [1.807, 2.05) is 59.4 Å². The summed E-state index contributed by atoms with van der Waals surface area (Å²) in [7, 11) is 0. The molecule has 0 saturated heterocycles. The number of aromatic nitrogens is 4. The molecule has 0 saturated carbocycles. The zero-order valence-electron chi connectivity index (χ0n) is 10.1.